The molecule has 0 aromatic heterocycles. The molecule has 0 amide bonds. The summed E-state index contributed by atoms with van der Waals surface area (Å²) in [4.78, 5) is 0. The quantitative estimate of drug-likeness (QED) is 0.738. The third-order valence-corrected chi connectivity index (χ3v) is 2.95. The Hall–Kier alpha value is -1.54. The van der Waals surface area contributed by atoms with Crippen molar-refractivity contribution in [3.63, 3.8) is 0 Å². The van der Waals surface area contributed by atoms with Crippen molar-refractivity contribution in [2.45, 2.75) is 6.10 Å². The molecule has 2 aromatic carbocycles. The number of benzene rings is 2. The molecule has 0 aliphatic heterocycles. The van der Waals surface area contributed by atoms with Gasteiger partial charge >= 0.3 is 0 Å². The van der Waals surface area contributed by atoms with Crippen molar-refractivity contribution < 1.29 is 4.74 Å². The largest absolute Gasteiger partial charge is 0.482 e. The summed E-state index contributed by atoms with van der Waals surface area (Å²) in [5, 5.41) is 0. The molecule has 0 heterocycles. The van der Waals surface area contributed by atoms with Crippen molar-refractivity contribution in [2.75, 3.05) is 0 Å². The zero-order chi connectivity index (χ0) is 12.1. The first kappa shape index (κ1) is 11.9. The van der Waals surface area contributed by atoms with E-state index in [9.17, 15) is 0 Å². The average Bonchev–Trinajstić information content (AvgIpc) is 2.38. The van der Waals surface area contributed by atoms with Crippen LogP contribution in [-0.2, 0) is 0 Å². The first-order valence-corrected chi connectivity index (χ1v) is 6.18. The predicted molar refractivity (Wildman–Crippen MR) is 74.2 cm³/mol. The van der Waals surface area contributed by atoms with Gasteiger partial charge in [0.25, 0.3) is 0 Å². The van der Waals surface area contributed by atoms with E-state index >= 15 is 0 Å². The molecule has 0 N–H and O–H groups in total. The lowest BCUT2D eigenvalue weighted by Crippen LogP contribution is -2.03. The van der Waals surface area contributed by atoms with Gasteiger partial charge in [-0.2, -0.15) is 0 Å². The highest BCUT2D eigenvalue weighted by Crippen LogP contribution is 2.23. The number of rotatable bonds is 4. The lowest BCUT2D eigenvalue weighted by atomic mass is 10.1. The summed E-state index contributed by atoms with van der Waals surface area (Å²) in [6, 6.07) is 17.8. The SMILES string of the molecule is C=C[C@H](Oc1ccccc1)c1ccc(Br)cc1. The van der Waals surface area contributed by atoms with Gasteiger partial charge in [-0.15, -0.1) is 0 Å². The van der Waals surface area contributed by atoms with Gasteiger partial charge in [0.1, 0.15) is 11.9 Å². The van der Waals surface area contributed by atoms with Gasteiger partial charge in [0.2, 0.25) is 0 Å². The van der Waals surface area contributed by atoms with E-state index in [1.54, 1.807) is 6.08 Å². The molecule has 0 aliphatic carbocycles. The molecule has 0 saturated heterocycles. The molecule has 2 aromatic rings. The second-order valence-electron chi connectivity index (χ2n) is 3.64. The average molecular weight is 289 g/mol. The fraction of sp³-hybridized carbons (Fsp3) is 0.0667. The van der Waals surface area contributed by atoms with Crippen LogP contribution in [0.1, 0.15) is 11.7 Å². The fourth-order valence-corrected chi connectivity index (χ4v) is 1.81. The maximum Gasteiger partial charge on any atom is 0.142 e. The zero-order valence-electron chi connectivity index (χ0n) is 9.34. The molecule has 86 valence electrons. The van der Waals surface area contributed by atoms with Crippen LogP contribution in [0.2, 0.25) is 0 Å². The minimum atomic E-state index is -0.120. The summed E-state index contributed by atoms with van der Waals surface area (Å²) in [6.45, 7) is 3.82. The summed E-state index contributed by atoms with van der Waals surface area (Å²) >= 11 is 3.42. The molecule has 0 bridgehead atoms. The van der Waals surface area contributed by atoms with Gasteiger partial charge in [0.15, 0.2) is 0 Å². The van der Waals surface area contributed by atoms with E-state index < -0.39 is 0 Å². The van der Waals surface area contributed by atoms with Crippen LogP contribution in [0.25, 0.3) is 0 Å². The molecule has 0 spiro atoms. The molecule has 2 rings (SSSR count). The fourth-order valence-electron chi connectivity index (χ4n) is 1.55. The second-order valence-corrected chi connectivity index (χ2v) is 4.55. The molecule has 2 heteroatoms. The molecule has 17 heavy (non-hydrogen) atoms. The molecule has 0 radical (unpaired) electrons. The van der Waals surface area contributed by atoms with Crippen molar-refractivity contribution >= 4 is 15.9 Å². The maximum absolute atomic E-state index is 5.86. The van der Waals surface area contributed by atoms with Crippen LogP contribution in [0, 0.1) is 0 Å². The Balaban J connectivity index is 2.17. The highest BCUT2D eigenvalue weighted by molar-refractivity contribution is 9.10. The van der Waals surface area contributed by atoms with Gasteiger partial charge in [0, 0.05) is 4.47 Å². The molecule has 0 aliphatic rings. The summed E-state index contributed by atoms with van der Waals surface area (Å²) in [5.41, 5.74) is 1.09. The Labute approximate surface area is 110 Å². The number of hydrogen-bond donors (Lipinski definition) is 0. The standard InChI is InChI=1S/C15H13BrO/c1-2-15(12-8-10-13(16)11-9-12)17-14-6-4-3-5-7-14/h2-11,15H,1H2/t15-/m0/s1. The van der Waals surface area contributed by atoms with E-state index in [1.165, 1.54) is 0 Å². The van der Waals surface area contributed by atoms with E-state index in [4.69, 9.17) is 4.74 Å². The zero-order valence-corrected chi connectivity index (χ0v) is 10.9. The van der Waals surface area contributed by atoms with Crippen molar-refractivity contribution in [2.24, 2.45) is 0 Å². The van der Waals surface area contributed by atoms with E-state index in [0.29, 0.717) is 0 Å². The Morgan fingerprint density at radius 1 is 1.00 bits per heavy atom. The number of halogens is 1. The predicted octanol–water partition coefficient (Wildman–Crippen LogP) is 4.76. The Morgan fingerprint density at radius 2 is 1.65 bits per heavy atom. The molecule has 1 nitrogen and oxygen atoms in total. The number of para-hydroxylation sites is 1. The van der Waals surface area contributed by atoms with E-state index in [2.05, 4.69) is 22.5 Å². The van der Waals surface area contributed by atoms with Crippen molar-refractivity contribution in [1.29, 1.82) is 0 Å². The Bertz CT molecular complexity index is 476. The third kappa shape index (κ3) is 3.21. The highest BCUT2D eigenvalue weighted by Gasteiger charge is 2.08. The minimum absolute atomic E-state index is 0.120. The van der Waals surface area contributed by atoms with E-state index in [1.807, 2.05) is 54.6 Å². The summed E-state index contributed by atoms with van der Waals surface area (Å²) in [5.74, 6) is 0.848. The van der Waals surface area contributed by atoms with Gasteiger partial charge in [-0.05, 0) is 35.9 Å². The van der Waals surface area contributed by atoms with Crippen molar-refractivity contribution in [3.05, 3.63) is 77.3 Å². The van der Waals surface area contributed by atoms with Crippen LogP contribution < -0.4 is 4.74 Å². The van der Waals surface area contributed by atoms with E-state index in [0.717, 1.165) is 15.8 Å². The van der Waals surface area contributed by atoms with Crippen LogP contribution in [0.4, 0.5) is 0 Å². The molecular formula is C15H13BrO. The Morgan fingerprint density at radius 3 is 2.24 bits per heavy atom. The topological polar surface area (TPSA) is 9.23 Å². The van der Waals surface area contributed by atoms with Crippen molar-refractivity contribution in [3.8, 4) is 5.75 Å². The van der Waals surface area contributed by atoms with Crippen LogP contribution in [-0.4, -0.2) is 0 Å². The van der Waals surface area contributed by atoms with Crippen LogP contribution in [0.5, 0.6) is 5.75 Å². The third-order valence-electron chi connectivity index (χ3n) is 2.42. The monoisotopic (exact) mass is 288 g/mol. The molecule has 0 fully saturated rings. The van der Waals surface area contributed by atoms with Gasteiger partial charge in [-0.25, -0.2) is 0 Å². The Kier molecular flexibility index (Phi) is 3.99. The maximum atomic E-state index is 5.86. The molecule has 1 atom stereocenters. The van der Waals surface area contributed by atoms with Crippen LogP contribution in [0.3, 0.4) is 0 Å². The lowest BCUT2D eigenvalue weighted by molar-refractivity contribution is 0.256. The van der Waals surface area contributed by atoms with E-state index in [-0.39, 0.29) is 6.10 Å². The minimum Gasteiger partial charge on any atom is -0.482 e. The van der Waals surface area contributed by atoms with Crippen molar-refractivity contribution in [1.82, 2.24) is 0 Å². The van der Waals surface area contributed by atoms with Gasteiger partial charge in [0.05, 0.1) is 0 Å². The van der Waals surface area contributed by atoms with Crippen LogP contribution >= 0.6 is 15.9 Å². The lowest BCUT2D eigenvalue weighted by Gasteiger charge is -2.15. The normalized spacial score (nSPS) is 11.8. The number of ether oxygens (including phenoxy) is 1. The first-order valence-electron chi connectivity index (χ1n) is 5.39. The van der Waals surface area contributed by atoms with Gasteiger partial charge in [-0.1, -0.05) is 52.8 Å². The van der Waals surface area contributed by atoms with Crippen LogP contribution in [0.15, 0.2) is 71.7 Å². The van der Waals surface area contributed by atoms with Gasteiger partial charge in [-0.3, -0.25) is 0 Å². The first-order chi connectivity index (χ1) is 8.29. The highest BCUT2D eigenvalue weighted by atomic mass is 79.9. The summed E-state index contributed by atoms with van der Waals surface area (Å²) < 4.78 is 6.92. The number of hydrogen-bond acceptors (Lipinski definition) is 1. The molecular weight excluding hydrogens is 276 g/mol. The second kappa shape index (κ2) is 5.69. The summed E-state index contributed by atoms with van der Waals surface area (Å²) in [7, 11) is 0. The smallest absolute Gasteiger partial charge is 0.142 e. The summed E-state index contributed by atoms with van der Waals surface area (Å²) in [6.07, 6.45) is 1.68. The molecule has 0 saturated carbocycles. The van der Waals surface area contributed by atoms with Gasteiger partial charge < -0.3 is 4.74 Å². The molecule has 0 unspecified atom stereocenters.